The average Bonchev–Trinajstić information content (AvgIpc) is 1.96. The molecule has 0 N–H and O–H groups in total. The monoisotopic (exact) mass is 141 g/mol. The standard InChI is InChI=1S/C9H19N/c1-4-10(3)7-9-6-5-8(9)2/h8-9H,4-7H2,1-3H3. The minimum absolute atomic E-state index is 0.994. The van der Waals surface area contributed by atoms with Crippen LogP contribution in [0.2, 0.25) is 0 Å². The molecule has 0 aromatic carbocycles. The van der Waals surface area contributed by atoms with E-state index in [4.69, 9.17) is 0 Å². The molecule has 0 radical (unpaired) electrons. The summed E-state index contributed by atoms with van der Waals surface area (Å²) in [5.41, 5.74) is 0. The fraction of sp³-hybridized carbons (Fsp3) is 1.00. The summed E-state index contributed by atoms with van der Waals surface area (Å²) >= 11 is 0. The van der Waals surface area contributed by atoms with Gasteiger partial charge in [-0.05, 0) is 31.8 Å². The highest BCUT2D eigenvalue weighted by atomic mass is 15.1. The molecule has 2 atom stereocenters. The predicted molar refractivity (Wildman–Crippen MR) is 45.1 cm³/mol. The molecule has 0 aromatic heterocycles. The first kappa shape index (κ1) is 8.06. The van der Waals surface area contributed by atoms with Crippen LogP contribution in [0.5, 0.6) is 0 Å². The van der Waals surface area contributed by atoms with E-state index >= 15 is 0 Å². The summed E-state index contributed by atoms with van der Waals surface area (Å²) in [6.45, 7) is 7.11. The highest BCUT2D eigenvalue weighted by Gasteiger charge is 2.26. The molecular weight excluding hydrogens is 122 g/mol. The zero-order valence-corrected chi connectivity index (χ0v) is 7.43. The Morgan fingerprint density at radius 2 is 2.10 bits per heavy atom. The van der Waals surface area contributed by atoms with Gasteiger partial charge < -0.3 is 4.90 Å². The second kappa shape index (κ2) is 3.38. The van der Waals surface area contributed by atoms with E-state index in [9.17, 15) is 0 Å². The Bertz CT molecular complexity index is 101. The van der Waals surface area contributed by atoms with Gasteiger partial charge in [-0.3, -0.25) is 0 Å². The smallest absolute Gasteiger partial charge is 0.000904 e. The Labute approximate surface area is 64.4 Å². The topological polar surface area (TPSA) is 3.24 Å². The molecule has 1 fully saturated rings. The van der Waals surface area contributed by atoms with Crippen molar-refractivity contribution < 1.29 is 0 Å². The molecule has 1 heteroatoms. The maximum atomic E-state index is 2.42. The Hall–Kier alpha value is -0.0400. The van der Waals surface area contributed by atoms with Gasteiger partial charge in [0, 0.05) is 6.54 Å². The highest BCUT2D eigenvalue weighted by Crippen LogP contribution is 2.33. The average molecular weight is 141 g/mol. The van der Waals surface area contributed by atoms with Crippen LogP contribution in [-0.4, -0.2) is 25.0 Å². The molecule has 60 valence electrons. The van der Waals surface area contributed by atoms with Crippen LogP contribution in [0.25, 0.3) is 0 Å². The number of hydrogen-bond acceptors (Lipinski definition) is 1. The third-order valence-corrected chi connectivity index (χ3v) is 2.88. The Morgan fingerprint density at radius 1 is 1.40 bits per heavy atom. The molecular formula is C9H19N. The Balaban J connectivity index is 2.12. The van der Waals surface area contributed by atoms with Crippen LogP contribution in [0.15, 0.2) is 0 Å². The fourth-order valence-electron chi connectivity index (χ4n) is 1.54. The van der Waals surface area contributed by atoms with Gasteiger partial charge >= 0.3 is 0 Å². The van der Waals surface area contributed by atoms with Gasteiger partial charge in [-0.15, -0.1) is 0 Å². The molecule has 0 saturated heterocycles. The quantitative estimate of drug-likeness (QED) is 0.581. The summed E-state index contributed by atoms with van der Waals surface area (Å²) in [5.74, 6) is 2.00. The van der Waals surface area contributed by atoms with E-state index in [2.05, 4.69) is 25.8 Å². The minimum atomic E-state index is 0.994. The van der Waals surface area contributed by atoms with E-state index in [-0.39, 0.29) is 0 Å². The van der Waals surface area contributed by atoms with Crippen molar-refractivity contribution in [3.05, 3.63) is 0 Å². The lowest BCUT2D eigenvalue weighted by Gasteiger charge is -2.36. The third kappa shape index (κ3) is 1.72. The molecule has 1 saturated carbocycles. The van der Waals surface area contributed by atoms with Crippen LogP contribution in [0.4, 0.5) is 0 Å². The van der Waals surface area contributed by atoms with Crippen molar-refractivity contribution in [2.45, 2.75) is 26.7 Å². The molecule has 2 unspecified atom stereocenters. The molecule has 0 bridgehead atoms. The van der Waals surface area contributed by atoms with Gasteiger partial charge in [0.05, 0.1) is 0 Å². The Kier molecular flexibility index (Phi) is 2.72. The van der Waals surface area contributed by atoms with Crippen LogP contribution in [0.1, 0.15) is 26.7 Å². The molecule has 0 aromatic rings. The summed E-state index contributed by atoms with van der Waals surface area (Å²) < 4.78 is 0. The third-order valence-electron chi connectivity index (χ3n) is 2.88. The van der Waals surface area contributed by atoms with Gasteiger partial charge in [-0.25, -0.2) is 0 Å². The molecule has 1 rings (SSSR count). The van der Waals surface area contributed by atoms with Crippen molar-refractivity contribution in [3.8, 4) is 0 Å². The molecule has 1 nitrogen and oxygen atoms in total. The lowest BCUT2D eigenvalue weighted by Crippen LogP contribution is -2.34. The predicted octanol–water partition coefficient (Wildman–Crippen LogP) is 1.98. The summed E-state index contributed by atoms with van der Waals surface area (Å²) in [7, 11) is 2.21. The number of rotatable bonds is 3. The van der Waals surface area contributed by atoms with Crippen LogP contribution in [-0.2, 0) is 0 Å². The van der Waals surface area contributed by atoms with Gasteiger partial charge in [0.25, 0.3) is 0 Å². The molecule has 0 heterocycles. The van der Waals surface area contributed by atoms with E-state index in [1.54, 1.807) is 0 Å². The second-order valence-corrected chi connectivity index (χ2v) is 3.67. The lowest BCUT2D eigenvalue weighted by molar-refractivity contribution is 0.139. The number of nitrogens with zero attached hydrogens (tertiary/aromatic N) is 1. The summed E-state index contributed by atoms with van der Waals surface area (Å²) in [6, 6.07) is 0. The van der Waals surface area contributed by atoms with Crippen LogP contribution >= 0.6 is 0 Å². The van der Waals surface area contributed by atoms with E-state index in [0.29, 0.717) is 0 Å². The van der Waals surface area contributed by atoms with Crippen LogP contribution in [0.3, 0.4) is 0 Å². The van der Waals surface area contributed by atoms with Gasteiger partial charge in [0.15, 0.2) is 0 Å². The van der Waals surface area contributed by atoms with Gasteiger partial charge in [0.2, 0.25) is 0 Å². The first-order valence-electron chi connectivity index (χ1n) is 4.42. The first-order valence-corrected chi connectivity index (χ1v) is 4.42. The molecule has 0 amide bonds. The van der Waals surface area contributed by atoms with Crippen molar-refractivity contribution >= 4 is 0 Å². The van der Waals surface area contributed by atoms with Crippen molar-refractivity contribution in [1.82, 2.24) is 4.90 Å². The summed E-state index contributed by atoms with van der Waals surface area (Å²) in [4.78, 5) is 2.42. The number of hydrogen-bond donors (Lipinski definition) is 0. The van der Waals surface area contributed by atoms with Crippen LogP contribution < -0.4 is 0 Å². The maximum absolute atomic E-state index is 2.42. The van der Waals surface area contributed by atoms with Crippen molar-refractivity contribution in [2.75, 3.05) is 20.1 Å². The summed E-state index contributed by atoms with van der Waals surface area (Å²) in [6.07, 6.45) is 2.92. The van der Waals surface area contributed by atoms with E-state index in [1.807, 2.05) is 0 Å². The van der Waals surface area contributed by atoms with Crippen molar-refractivity contribution in [3.63, 3.8) is 0 Å². The molecule has 0 aliphatic heterocycles. The van der Waals surface area contributed by atoms with Crippen LogP contribution in [0, 0.1) is 11.8 Å². The lowest BCUT2D eigenvalue weighted by atomic mass is 9.75. The zero-order valence-electron chi connectivity index (χ0n) is 7.43. The minimum Gasteiger partial charge on any atom is -0.306 e. The van der Waals surface area contributed by atoms with Crippen molar-refractivity contribution in [2.24, 2.45) is 11.8 Å². The molecule has 1 aliphatic carbocycles. The molecule has 1 aliphatic rings. The van der Waals surface area contributed by atoms with Gasteiger partial charge in [-0.1, -0.05) is 20.3 Å². The van der Waals surface area contributed by atoms with Crippen molar-refractivity contribution in [1.29, 1.82) is 0 Å². The van der Waals surface area contributed by atoms with Gasteiger partial charge in [0.1, 0.15) is 0 Å². The second-order valence-electron chi connectivity index (χ2n) is 3.67. The maximum Gasteiger partial charge on any atom is 0.000904 e. The van der Waals surface area contributed by atoms with E-state index in [1.165, 1.54) is 25.9 Å². The summed E-state index contributed by atoms with van der Waals surface area (Å²) in [5, 5.41) is 0. The fourth-order valence-corrected chi connectivity index (χ4v) is 1.54. The first-order chi connectivity index (χ1) is 4.74. The molecule has 10 heavy (non-hydrogen) atoms. The largest absolute Gasteiger partial charge is 0.306 e. The Morgan fingerprint density at radius 3 is 2.40 bits per heavy atom. The molecule has 0 spiro atoms. The van der Waals surface area contributed by atoms with E-state index < -0.39 is 0 Å². The van der Waals surface area contributed by atoms with E-state index in [0.717, 1.165) is 11.8 Å². The highest BCUT2D eigenvalue weighted by molar-refractivity contribution is 4.78. The van der Waals surface area contributed by atoms with Gasteiger partial charge in [-0.2, -0.15) is 0 Å². The SMILES string of the molecule is CCN(C)CC1CCC1C. The zero-order chi connectivity index (χ0) is 7.56. The normalized spacial score (nSPS) is 32.4.